The van der Waals surface area contributed by atoms with Gasteiger partial charge < -0.3 is 10.5 Å². The van der Waals surface area contributed by atoms with Gasteiger partial charge in [0.15, 0.2) is 0 Å². The van der Waals surface area contributed by atoms with Crippen LogP contribution in [-0.2, 0) is 19.9 Å². The van der Waals surface area contributed by atoms with Crippen LogP contribution in [-0.4, -0.2) is 22.4 Å². The molecule has 0 fully saturated rings. The number of ether oxygens (including phenoxy) is 1. The Morgan fingerprint density at radius 2 is 2.19 bits per heavy atom. The van der Waals surface area contributed by atoms with E-state index in [9.17, 15) is 0 Å². The average molecular weight is 308 g/mol. The molecule has 1 aromatic carbocycles. The van der Waals surface area contributed by atoms with Crippen LogP contribution in [0.4, 0.5) is 0 Å². The first-order valence-corrected chi connectivity index (χ1v) is 7.62. The van der Waals surface area contributed by atoms with Crippen LogP contribution in [0.2, 0.25) is 5.02 Å². The molecule has 114 valence electrons. The van der Waals surface area contributed by atoms with Crippen molar-refractivity contribution in [3.63, 3.8) is 0 Å². The molecule has 0 amide bonds. The molecule has 2 aromatic rings. The second kappa shape index (κ2) is 7.48. The third kappa shape index (κ3) is 4.22. The summed E-state index contributed by atoms with van der Waals surface area (Å²) < 4.78 is 7.76. The molecular formula is C16H22ClN3O. The molecule has 1 atom stereocenters. The highest BCUT2D eigenvalue weighted by Gasteiger charge is 2.11. The standard InChI is InChI=1S/C16H22ClN3O/c1-3-13(18)11-12-5-4-6-15(17)16(12)21-10-8-14-7-9-19-20(14)2/h4-7,9,13H,3,8,10-11,18H2,1-2H3. The third-order valence-electron chi connectivity index (χ3n) is 3.58. The van der Waals surface area contributed by atoms with E-state index in [1.807, 2.05) is 36.0 Å². The first-order chi connectivity index (χ1) is 10.1. The van der Waals surface area contributed by atoms with Crippen molar-refractivity contribution >= 4 is 11.6 Å². The average Bonchev–Trinajstić information content (AvgIpc) is 2.87. The molecule has 21 heavy (non-hydrogen) atoms. The van der Waals surface area contributed by atoms with Gasteiger partial charge in [0.2, 0.25) is 0 Å². The Hall–Kier alpha value is -1.52. The number of nitrogens with two attached hydrogens (primary N) is 1. The van der Waals surface area contributed by atoms with Crippen LogP contribution in [0.15, 0.2) is 30.5 Å². The van der Waals surface area contributed by atoms with Gasteiger partial charge in [-0.25, -0.2) is 0 Å². The van der Waals surface area contributed by atoms with E-state index in [0.717, 1.165) is 36.3 Å². The van der Waals surface area contributed by atoms with E-state index in [1.54, 1.807) is 6.20 Å². The molecule has 0 bridgehead atoms. The minimum atomic E-state index is 0.128. The van der Waals surface area contributed by atoms with Gasteiger partial charge in [-0.3, -0.25) is 4.68 Å². The Bertz CT molecular complexity index is 583. The lowest BCUT2D eigenvalue weighted by Crippen LogP contribution is -2.22. The summed E-state index contributed by atoms with van der Waals surface area (Å²) in [7, 11) is 1.93. The quantitative estimate of drug-likeness (QED) is 0.855. The van der Waals surface area contributed by atoms with E-state index in [1.165, 1.54) is 0 Å². The highest BCUT2D eigenvalue weighted by molar-refractivity contribution is 6.32. The van der Waals surface area contributed by atoms with Crippen LogP contribution >= 0.6 is 11.6 Å². The molecule has 1 heterocycles. The van der Waals surface area contributed by atoms with Crippen molar-refractivity contribution in [2.45, 2.75) is 32.2 Å². The summed E-state index contributed by atoms with van der Waals surface area (Å²) in [6.07, 6.45) is 4.29. The Kier molecular flexibility index (Phi) is 5.65. The van der Waals surface area contributed by atoms with Crippen molar-refractivity contribution in [2.24, 2.45) is 12.8 Å². The normalized spacial score (nSPS) is 12.4. The number of para-hydroxylation sites is 1. The fourth-order valence-electron chi connectivity index (χ4n) is 2.21. The smallest absolute Gasteiger partial charge is 0.141 e. The maximum Gasteiger partial charge on any atom is 0.141 e. The van der Waals surface area contributed by atoms with Gasteiger partial charge >= 0.3 is 0 Å². The minimum absolute atomic E-state index is 0.128. The summed E-state index contributed by atoms with van der Waals surface area (Å²) in [5.41, 5.74) is 8.24. The van der Waals surface area contributed by atoms with Crippen LogP contribution < -0.4 is 10.5 Å². The maximum atomic E-state index is 6.26. The number of rotatable bonds is 7. The number of halogens is 1. The Morgan fingerprint density at radius 1 is 1.38 bits per heavy atom. The van der Waals surface area contributed by atoms with Crippen molar-refractivity contribution in [2.75, 3.05) is 6.61 Å². The predicted octanol–water partition coefficient (Wildman–Crippen LogP) is 2.97. The Balaban J connectivity index is 2.03. The van der Waals surface area contributed by atoms with Crippen LogP contribution in [0, 0.1) is 0 Å². The minimum Gasteiger partial charge on any atom is -0.491 e. The van der Waals surface area contributed by atoms with Gasteiger partial charge in [0.05, 0.1) is 11.6 Å². The van der Waals surface area contributed by atoms with E-state index < -0.39 is 0 Å². The van der Waals surface area contributed by atoms with Crippen LogP contribution in [0.3, 0.4) is 0 Å². The second-order valence-corrected chi connectivity index (χ2v) is 5.55. The Morgan fingerprint density at radius 3 is 2.86 bits per heavy atom. The van der Waals surface area contributed by atoms with Gasteiger partial charge in [-0.1, -0.05) is 30.7 Å². The van der Waals surface area contributed by atoms with E-state index in [-0.39, 0.29) is 6.04 Å². The zero-order chi connectivity index (χ0) is 15.2. The Labute approximate surface area is 130 Å². The van der Waals surface area contributed by atoms with Crippen molar-refractivity contribution in [3.05, 3.63) is 46.7 Å². The lowest BCUT2D eigenvalue weighted by atomic mass is 10.0. The predicted molar refractivity (Wildman–Crippen MR) is 85.8 cm³/mol. The van der Waals surface area contributed by atoms with E-state index in [0.29, 0.717) is 11.6 Å². The third-order valence-corrected chi connectivity index (χ3v) is 3.88. The highest BCUT2D eigenvalue weighted by atomic mass is 35.5. The van der Waals surface area contributed by atoms with E-state index >= 15 is 0 Å². The zero-order valence-electron chi connectivity index (χ0n) is 12.6. The number of hydrogen-bond donors (Lipinski definition) is 1. The number of benzene rings is 1. The molecule has 2 rings (SSSR count). The summed E-state index contributed by atoms with van der Waals surface area (Å²) in [4.78, 5) is 0. The van der Waals surface area contributed by atoms with Crippen molar-refractivity contribution < 1.29 is 4.74 Å². The van der Waals surface area contributed by atoms with Gasteiger partial charge in [0, 0.05) is 31.4 Å². The summed E-state index contributed by atoms with van der Waals surface area (Å²) in [5, 5.41) is 4.79. The molecule has 0 aliphatic rings. The molecule has 0 saturated heterocycles. The SMILES string of the molecule is CCC(N)Cc1cccc(Cl)c1OCCc1ccnn1C. The first kappa shape index (κ1) is 15.9. The number of aryl methyl sites for hydroxylation is 1. The molecule has 4 nitrogen and oxygen atoms in total. The zero-order valence-corrected chi connectivity index (χ0v) is 13.3. The van der Waals surface area contributed by atoms with Gasteiger partial charge in [0.25, 0.3) is 0 Å². The van der Waals surface area contributed by atoms with Gasteiger partial charge in [-0.15, -0.1) is 0 Å². The second-order valence-electron chi connectivity index (χ2n) is 5.15. The summed E-state index contributed by atoms with van der Waals surface area (Å²) in [6.45, 7) is 2.65. The molecule has 2 N–H and O–H groups in total. The van der Waals surface area contributed by atoms with Crippen LogP contribution in [0.1, 0.15) is 24.6 Å². The molecular weight excluding hydrogens is 286 g/mol. The maximum absolute atomic E-state index is 6.26. The fourth-order valence-corrected chi connectivity index (χ4v) is 2.46. The van der Waals surface area contributed by atoms with E-state index in [2.05, 4.69) is 12.0 Å². The number of nitrogens with zero attached hydrogens (tertiary/aromatic N) is 2. The lowest BCUT2D eigenvalue weighted by molar-refractivity contribution is 0.314. The van der Waals surface area contributed by atoms with Crippen molar-refractivity contribution in [1.29, 1.82) is 0 Å². The first-order valence-electron chi connectivity index (χ1n) is 7.24. The molecule has 0 aliphatic carbocycles. The summed E-state index contributed by atoms with van der Waals surface area (Å²) in [5.74, 6) is 0.755. The summed E-state index contributed by atoms with van der Waals surface area (Å²) >= 11 is 6.26. The van der Waals surface area contributed by atoms with Gasteiger partial charge in [0.1, 0.15) is 5.75 Å². The van der Waals surface area contributed by atoms with Crippen LogP contribution in [0.5, 0.6) is 5.75 Å². The molecule has 0 spiro atoms. The van der Waals surface area contributed by atoms with Gasteiger partial charge in [-0.05, 0) is 30.5 Å². The molecule has 1 unspecified atom stereocenters. The number of aromatic nitrogens is 2. The highest BCUT2D eigenvalue weighted by Crippen LogP contribution is 2.29. The monoisotopic (exact) mass is 307 g/mol. The van der Waals surface area contributed by atoms with Gasteiger partial charge in [-0.2, -0.15) is 5.10 Å². The molecule has 0 radical (unpaired) electrons. The summed E-state index contributed by atoms with van der Waals surface area (Å²) in [6, 6.07) is 7.93. The van der Waals surface area contributed by atoms with E-state index in [4.69, 9.17) is 22.1 Å². The lowest BCUT2D eigenvalue weighted by Gasteiger charge is -2.15. The topological polar surface area (TPSA) is 53.1 Å². The number of hydrogen-bond acceptors (Lipinski definition) is 3. The molecule has 0 saturated carbocycles. The fraction of sp³-hybridized carbons (Fsp3) is 0.438. The molecule has 5 heteroatoms. The van der Waals surface area contributed by atoms with Crippen LogP contribution in [0.25, 0.3) is 0 Å². The molecule has 0 aliphatic heterocycles. The van der Waals surface area contributed by atoms with Crippen molar-refractivity contribution in [1.82, 2.24) is 9.78 Å². The van der Waals surface area contributed by atoms with Crippen molar-refractivity contribution in [3.8, 4) is 5.75 Å². The molecule has 1 aromatic heterocycles. The largest absolute Gasteiger partial charge is 0.491 e.